The number of aliphatic hydroxyl groups is 1. The van der Waals surface area contributed by atoms with E-state index in [1.165, 1.54) is 23.8 Å². The van der Waals surface area contributed by atoms with Crippen molar-refractivity contribution in [1.82, 2.24) is 4.90 Å². The molecule has 22 heavy (non-hydrogen) atoms. The molecule has 1 heterocycles. The highest BCUT2D eigenvalue weighted by molar-refractivity contribution is 8.00. The van der Waals surface area contributed by atoms with E-state index in [4.69, 9.17) is 9.47 Å². The molecule has 1 rings (SSSR count). The minimum atomic E-state index is -0.983. The van der Waals surface area contributed by atoms with Crippen LogP contribution in [0.25, 0.3) is 0 Å². The van der Waals surface area contributed by atoms with Crippen molar-refractivity contribution in [2.75, 3.05) is 26.0 Å². The molecule has 0 spiro atoms. The highest BCUT2D eigenvalue weighted by Gasteiger charge is 2.40. The number of methoxy groups -OCH3 is 1. The van der Waals surface area contributed by atoms with Crippen LogP contribution >= 0.6 is 11.8 Å². The second kappa shape index (κ2) is 7.55. The molecule has 1 aliphatic rings. The molecule has 0 aliphatic carbocycles. The summed E-state index contributed by atoms with van der Waals surface area (Å²) in [5.41, 5.74) is -1.53. The Hall–Kier alpha value is -0.950. The maximum Gasteiger partial charge on any atom is 0.410 e. The van der Waals surface area contributed by atoms with Crippen molar-refractivity contribution in [3.05, 3.63) is 0 Å². The first-order valence-electron chi connectivity index (χ1n) is 7.50. The number of rotatable bonds is 5. The summed E-state index contributed by atoms with van der Waals surface area (Å²) in [4.78, 5) is 25.1. The third kappa shape index (κ3) is 5.68. The van der Waals surface area contributed by atoms with Gasteiger partial charge in [0.25, 0.3) is 0 Å². The Bertz CT molecular complexity index is 409. The summed E-state index contributed by atoms with van der Waals surface area (Å²) in [5, 5.41) is 10.3. The Labute approximate surface area is 136 Å². The molecule has 7 heteroatoms. The number of hydrogen-bond donors (Lipinski definition) is 1. The third-order valence-corrected chi connectivity index (χ3v) is 5.00. The number of carbonyl (C=O) groups excluding carboxylic acids is 2. The van der Waals surface area contributed by atoms with Crippen molar-refractivity contribution < 1.29 is 24.2 Å². The quantitative estimate of drug-likeness (QED) is 0.776. The van der Waals surface area contributed by atoms with Gasteiger partial charge in [0.05, 0.1) is 19.3 Å². The van der Waals surface area contributed by atoms with E-state index in [9.17, 15) is 14.7 Å². The predicted molar refractivity (Wildman–Crippen MR) is 85.9 cm³/mol. The van der Waals surface area contributed by atoms with Crippen LogP contribution in [-0.2, 0) is 14.3 Å². The van der Waals surface area contributed by atoms with E-state index in [0.29, 0.717) is 25.1 Å². The average molecular weight is 333 g/mol. The highest BCUT2D eigenvalue weighted by Crippen LogP contribution is 2.29. The van der Waals surface area contributed by atoms with Crippen LogP contribution in [0.4, 0.5) is 4.79 Å². The first kappa shape index (κ1) is 19.1. The molecular formula is C15H27NO5S. The van der Waals surface area contributed by atoms with Gasteiger partial charge in [-0.15, -0.1) is 11.8 Å². The zero-order chi connectivity index (χ0) is 17.0. The minimum Gasteiger partial charge on any atom is -0.468 e. The van der Waals surface area contributed by atoms with Gasteiger partial charge in [0, 0.05) is 12.3 Å². The first-order valence-corrected chi connectivity index (χ1v) is 8.55. The predicted octanol–water partition coefficient (Wildman–Crippen LogP) is 2.04. The fourth-order valence-electron chi connectivity index (χ4n) is 2.20. The number of β-amino-alcohol motifs (C(OH)–C–C–N with tert-alkyl or cyclic N) is 1. The fraction of sp³-hybridized carbons (Fsp3) is 0.867. The number of thioether (sulfide) groups is 1. The number of carbonyl (C=O) groups is 2. The van der Waals surface area contributed by atoms with E-state index in [-0.39, 0.29) is 17.8 Å². The van der Waals surface area contributed by atoms with Gasteiger partial charge < -0.3 is 19.5 Å². The molecule has 1 fully saturated rings. The minimum absolute atomic E-state index is 0.229. The third-order valence-electron chi connectivity index (χ3n) is 3.37. The number of hydrogen-bond acceptors (Lipinski definition) is 6. The molecule has 0 aromatic carbocycles. The van der Waals surface area contributed by atoms with E-state index in [1.54, 1.807) is 0 Å². The van der Waals surface area contributed by atoms with Gasteiger partial charge in [-0.25, -0.2) is 4.79 Å². The van der Waals surface area contributed by atoms with E-state index in [1.807, 2.05) is 27.7 Å². The van der Waals surface area contributed by atoms with Crippen LogP contribution in [0, 0.1) is 0 Å². The van der Waals surface area contributed by atoms with Crippen LogP contribution in [0.2, 0.25) is 0 Å². The van der Waals surface area contributed by atoms with Gasteiger partial charge in [-0.2, -0.15) is 0 Å². The summed E-state index contributed by atoms with van der Waals surface area (Å²) in [6.07, 6.45) is 0.716. The monoisotopic (exact) mass is 333 g/mol. The Kier molecular flexibility index (Phi) is 6.55. The molecule has 128 valence electrons. The topological polar surface area (TPSA) is 76.1 Å². The number of esters is 1. The largest absolute Gasteiger partial charge is 0.468 e. The number of ether oxygens (including phenoxy) is 2. The van der Waals surface area contributed by atoms with Crippen LogP contribution < -0.4 is 0 Å². The first-order chi connectivity index (χ1) is 10.1. The molecule has 1 saturated heterocycles. The van der Waals surface area contributed by atoms with Crippen molar-refractivity contribution >= 4 is 23.8 Å². The maximum atomic E-state index is 12.0. The van der Waals surface area contributed by atoms with Gasteiger partial charge in [0.2, 0.25) is 0 Å². The van der Waals surface area contributed by atoms with Gasteiger partial charge in [-0.3, -0.25) is 4.79 Å². The van der Waals surface area contributed by atoms with E-state index in [0.717, 1.165) is 0 Å². The highest BCUT2D eigenvalue weighted by atomic mass is 32.2. The zero-order valence-corrected chi connectivity index (χ0v) is 14.9. The second-order valence-corrected chi connectivity index (χ2v) is 7.80. The van der Waals surface area contributed by atoms with Crippen molar-refractivity contribution in [3.63, 3.8) is 0 Å². The summed E-state index contributed by atoms with van der Waals surface area (Å²) in [6, 6.07) is 0. The molecule has 2 atom stereocenters. The molecule has 1 amide bonds. The Morgan fingerprint density at radius 2 is 2.05 bits per heavy atom. The van der Waals surface area contributed by atoms with Crippen LogP contribution in [0.5, 0.6) is 0 Å². The SMILES string of the molecule is CCC(SCC1(O)CCN(C(=O)OC(C)(C)C)C1)C(=O)OC. The molecule has 0 aromatic heterocycles. The van der Waals surface area contributed by atoms with E-state index < -0.39 is 17.3 Å². The lowest BCUT2D eigenvalue weighted by Gasteiger charge is -2.27. The van der Waals surface area contributed by atoms with Gasteiger partial charge in [-0.05, 0) is 33.6 Å². The molecule has 1 N–H and O–H groups in total. The van der Waals surface area contributed by atoms with Crippen LogP contribution in [-0.4, -0.2) is 64.5 Å². The molecule has 2 unspecified atom stereocenters. The molecule has 6 nitrogen and oxygen atoms in total. The summed E-state index contributed by atoms with van der Waals surface area (Å²) >= 11 is 1.37. The normalized spacial score (nSPS) is 23.3. The second-order valence-electron chi connectivity index (χ2n) is 6.61. The molecule has 0 aromatic rings. The Morgan fingerprint density at radius 1 is 1.41 bits per heavy atom. The van der Waals surface area contributed by atoms with Gasteiger partial charge in [-0.1, -0.05) is 6.92 Å². The number of amides is 1. The maximum absolute atomic E-state index is 12.0. The summed E-state index contributed by atoms with van der Waals surface area (Å²) in [5.74, 6) is 0.109. The fourth-order valence-corrected chi connectivity index (χ4v) is 3.41. The summed E-state index contributed by atoms with van der Waals surface area (Å²) in [7, 11) is 1.36. The van der Waals surface area contributed by atoms with Crippen LogP contribution in [0.1, 0.15) is 40.5 Å². The Morgan fingerprint density at radius 3 is 2.55 bits per heavy atom. The number of likely N-dealkylation sites (tertiary alicyclic amines) is 1. The van der Waals surface area contributed by atoms with E-state index in [2.05, 4.69) is 0 Å². The van der Waals surface area contributed by atoms with Gasteiger partial charge in [0.1, 0.15) is 10.9 Å². The van der Waals surface area contributed by atoms with Crippen molar-refractivity contribution in [2.45, 2.75) is 57.0 Å². The average Bonchev–Trinajstić information content (AvgIpc) is 2.80. The van der Waals surface area contributed by atoms with Crippen molar-refractivity contribution in [1.29, 1.82) is 0 Å². The lowest BCUT2D eigenvalue weighted by atomic mass is 10.1. The molecule has 0 saturated carbocycles. The lowest BCUT2D eigenvalue weighted by Crippen LogP contribution is -2.40. The summed E-state index contributed by atoms with van der Waals surface area (Å²) < 4.78 is 10.1. The van der Waals surface area contributed by atoms with Crippen molar-refractivity contribution in [2.24, 2.45) is 0 Å². The van der Waals surface area contributed by atoms with Crippen LogP contribution in [0.15, 0.2) is 0 Å². The lowest BCUT2D eigenvalue weighted by molar-refractivity contribution is -0.140. The molecule has 1 aliphatic heterocycles. The molecule has 0 radical (unpaired) electrons. The Balaban J connectivity index is 2.52. The van der Waals surface area contributed by atoms with Crippen molar-refractivity contribution in [3.8, 4) is 0 Å². The van der Waals surface area contributed by atoms with E-state index >= 15 is 0 Å². The standard InChI is InChI=1S/C15H27NO5S/c1-6-11(12(17)20-5)22-10-15(19)7-8-16(9-15)13(18)21-14(2,3)4/h11,19H,6-10H2,1-5H3. The smallest absolute Gasteiger partial charge is 0.410 e. The molecule has 0 bridgehead atoms. The van der Waals surface area contributed by atoms with Crippen LogP contribution in [0.3, 0.4) is 0 Å². The molecular weight excluding hydrogens is 306 g/mol. The van der Waals surface area contributed by atoms with Gasteiger partial charge in [0.15, 0.2) is 0 Å². The van der Waals surface area contributed by atoms with Gasteiger partial charge >= 0.3 is 12.1 Å². The zero-order valence-electron chi connectivity index (χ0n) is 14.0. The summed E-state index contributed by atoms with van der Waals surface area (Å²) in [6.45, 7) is 8.02. The number of nitrogens with zero attached hydrogens (tertiary/aromatic N) is 1.